The molecule has 0 bridgehead atoms. The number of ether oxygens (including phenoxy) is 2. The van der Waals surface area contributed by atoms with Crippen LogP contribution in [0.4, 0.5) is 5.69 Å². The fourth-order valence-electron chi connectivity index (χ4n) is 3.70. The third-order valence-electron chi connectivity index (χ3n) is 5.37. The number of carbonyl (C=O) groups excluding carboxylic acids is 1. The number of para-hydroxylation sites is 2. The molecule has 1 heterocycles. The molecule has 0 aromatic heterocycles. The van der Waals surface area contributed by atoms with Crippen LogP contribution in [0, 0.1) is 0 Å². The van der Waals surface area contributed by atoms with Crippen molar-refractivity contribution in [2.75, 3.05) is 24.0 Å². The second kappa shape index (κ2) is 10.4. The number of rotatable bonds is 8. The number of halogens is 1. The molecule has 4 rings (SSSR count). The van der Waals surface area contributed by atoms with Crippen LogP contribution >= 0.6 is 11.6 Å². The Morgan fingerprint density at radius 3 is 2.59 bits per heavy atom. The monoisotopic (exact) mass is 500 g/mol. The van der Waals surface area contributed by atoms with Crippen LogP contribution in [-0.4, -0.2) is 40.1 Å². The summed E-state index contributed by atoms with van der Waals surface area (Å²) in [6, 6.07) is 20.8. The van der Waals surface area contributed by atoms with Crippen molar-refractivity contribution in [1.29, 1.82) is 0 Å². The lowest BCUT2D eigenvalue weighted by atomic mass is 10.1. The van der Waals surface area contributed by atoms with Crippen molar-refractivity contribution >= 4 is 33.2 Å². The first kappa shape index (κ1) is 23.9. The van der Waals surface area contributed by atoms with Gasteiger partial charge >= 0.3 is 0 Å². The molecule has 1 N–H and O–H groups in total. The van der Waals surface area contributed by atoms with Gasteiger partial charge in [0.1, 0.15) is 11.5 Å². The molecular weight excluding hydrogens is 476 g/mol. The van der Waals surface area contributed by atoms with Gasteiger partial charge in [-0.25, -0.2) is 8.42 Å². The summed E-state index contributed by atoms with van der Waals surface area (Å²) in [5, 5.41) is 3.05. The summed E-state index contributed by atoms with van der Waals surface area (Å²) in [4.78, 5) is 12.9. The lowest BCUT2D eigenvalue weighted by Crippen LogP contribution is -2.51. The Morgan fingerprint density at radius 1 is 1.12 bits per heavy atom. The molecule has 1 aliphatic rings. The van der Waals surface area contributed by atoms with Crippen molar-refractivity contribution < 1.29 is 22.7 Å². The van der Waals surface area contributed by atoms with Crippen molar-refractivity contribution in [2.24, 2.45) is 0 Å². The summed E-state index contributed by atoms with van der Waals surface area (Å²) < 4.78 is 39.6. The van der Waals surface area contributed by atoms with Crippen LogP contribution in [0.3, 0.4) is 0 Å². The topological polar surface area (TPSA) is 84.9 Å². The highest BCUT2D eigenvalue weighted by atomic mass is 35.5. The van der Waals surface area contributed by atoms with Gasteiger partial charge in [-0.15, -0.1) is 0 Å². The molecule has 0 saturated heterocycles. The van der Waals surface area contributed by atoms with Gasteiger partial charge in [-0.2, -0.15) is 0 Å². The molecule has 3 aromatic carbocycles. The highest BCUT2D eigenvalue weighted by molar-refractivity contribution is 7.92. The van der Waals surface area contributed by atoms with Crippen molar-refractivity contribution in [3.63, 3.8) is 0 Å². The molecule has 3 aromatic rings. The SMILES string of the molecule is CCOc1ccc(S(=O)(=O)N2C[C@H](C(=O)NCCc3ccccc3)Oc3ccccc32)cc1Cl. The Balaban J connectivity index is 1.55. The van der Waals surface area contributed by atoms with E-state index in [1.54, 1.807) is 24.3 Å². The second-order valence-electron chi connectivity index (χ2n) is 7.66. The molecule has 0 aliphatic carbocycles. The minimum Gasteiger partial charge on any atom is -0.492 e. The average molecular weight is 501 g/mol. The third-order valence-corrected chi connectivity index (χ3v) is 7.45. The van der Waals surface area contributed by atoms with E-state index in [0.29, 0.717) is 36.8 Å². The zero-order chi connectivity index (χ0) is 24.1. The zero-order valence-corrected chi connectivity index (χ0v) is 20.2. The standard InChI is InChI=1S/C25H25ClN2O5S/c1-2-32-22-13-12-19(16-20(22)26)34(30,31)28-17-24(33-23-11-7-6-10-21(23)28)25(29)27-15-14-18-8-4-3-5-9-18/h3-13,16,24H,2,14-15,17H2,1H3,(H,27,29)/t24-/m1/s1. The van der Waals surface area contributed by atoms with E-state index in [2.05, 4.69) is 5.32 Å². The van der Waals surface area contributed by atoms with Crippen LogP contribution in [0.2, 0.25) is 5.02 Å². The van der Waals surface area contributed by atoms with Gasteiger partial charge in [0.25, 0.3) is 15.9 Å². The number of benzene rings is 3. The van der Waals surface area contributed by atoms with Crippen LogP contribution in [0.25, 0.3) is 0 Å². The van der Waals surface area contributed by atoms with Crippen molar-refractivity contribution in [3.8, 4) is 11.5 Å². The summed E-state index contributed by atoms with van der Waals surface area (Å²) in [6.07, 6.45) is -0.346. The van der Waals surface area contributed by atoms with Crippen LogP contribution in [0.5, 0.6) is 11.5 Å². The Hall–Kier alpha value is -3.23. The first-order chi connectivity index (χ1) is 16.4. The van der Waals surface area contributed by atoms with E-state index in [-0.39, 0.29) is 22.4 Å². The molecule has 0 radical (unpaired) electrons. The van der Waals surface area contributed by atoms with Crippen molar-refractivity contribution in [1.82, 2.24) is 5.32 Å². The number of hydrogen-bond donors (Lipinski definition) is 1. The van der Waals surface area contributed by atoms with Gasteiger partial charge < -0.3 is 14.8 Å². The number of carbonyl (C=O) groups is 1. The van der Waals surface area contributed by atoms with Gasteiger partial charge in [0.15, 0.2) is 6.10 Å². The third kappa shape index (κ3) is 5.13. The number of nitrogens with one attached hydrogen (secondary N) is 1. The highest BCUT2D eigenvalue weighted by Crippen LogP contribution is 2.38. The maximum Gasteiger partial charge on any atom is 0.264 e. The smallest absolute Gasteiger partial charge is 0.264 e. The molecule has 34 heavy (non-hydrogen) atoms. The van der Waals surface area contributed by atoms with E-state index in [9.17, 15) is 13.2 Å². The molecule has 0 fully saturated rings. The molecule has 178 valence electrons. The lowest BCUT2D eigenvalue weighted by molar-refractivity contribution is -0.127. The first-order valence-corrected chi connectivity index (χ1v) is 12.7. The minimum atomic E-state index is -4.03. The maximum absolute atomic E-state index is 13.6. The summed E-state index contributed by atoms with van der Waals surface area (Å²) in [6.45, 7) is 2.47. The molecule has 0 saturated carbocycles. The van der Waals surface area contributed by atoms with Crippen LogP contribution < -0.4 is 19.1 Å². The molecule has 1 atom stereocenters. The largest absolute Gasteiger partial charge is 0.492 e. The summed E-state index contributed by atoms with van der Waals surface area (Å²) in [7, 11) is -4.03. The molecule has 1 aliphatic heterocycles. The summed E-state index contributed by atoms with van der Waals surface area (Å²) in [5.74, 6) is 0.342. The maximum atomic E-state index is 13.6. The van der Waals surface area contributed by atoms with Crippen molar-refractivity contribution in [2.45, 2.75) is 24.3 Å². The molecule has 7 nitrogen and oxygen atoms in total. The van der Waals surface area contributed by atoms with Gasteiger partial charge in [0, 0.05) is 6.54 Å². The molecule has 0 spiro atoms. The zero-order valence-electron chi connectivity index (χ0n) is 18.6. The Labute approximate surface area is 204 Å². The summed E-state index contributed by atoms with van der Waals surface area (Å²) >= 11 is 6.24. The van der Waals surface area contributed by atoms with Gasteiger partial charge in [-0.1, -0.05) is 54.1 Å². The van der Waals surface area contributed by atoms with E-state index in [1.807, 2.05) is 37.3 Å². The predicted octanol–water partition coefficient (Wildman–Crippen LogP) is 4.05. The number of hydrogen-bond acceptors (Lipinski definition) is 5. The van der Waals surface area contributed by atoms with Gasteiger partial charge in [0.05, 0.1) is 28.8 Å². The van der Waals surface area contributed by atoms with E-state index in [4.69, 9.17) is 21.1 Å². The molecule has 0 unspecified atom stereocenters. The first-order valence-electron chi connectivity index (χ1n) is 10.9. The van der Waals surface area contributed by atoms with Crippen LogP contribution in [-0.2, 0) is 21.2 Å². The Bertz CT molecular complexity index is 1270. The fraction of sp³-hybridized carbons (Fsp3) is 0.240. The fourth-order valence-corrected chi connectivity index (χ4v) is 5.50. The number of nitrogens with zero attached hydrogens (tertiary/aromatic N) is 1. The van der Waals surface area contributed by atoms with E-state index in [0.717, 1.165) is 5.56 Å². The second-order valence-corrected chi connectivity index (χ2v) is 9.93. The molecular formula is C25H25ClN2O5S. The number of fused-ring (bicyclic) bond motifs is 1. The average Bonchev–Trinajstić information content (AvgIpc) is 2.85. The number of sulfonamides is 1. The van der Waals surface area contributed by atoms with Gasteiger partial charge in [-0.3, -0.25) is 9.10 Å². The predicted molar refractivity (Wildman–Crippen MR) is 131 cm³/mol. The van der Waals surface area contributed by atoms with E-state index >= 15 is 0 Å². The normalized spacial score (nSPS) is 15.2. The minimum absolute atomic E-state index is 0.000826. The molecule has 9 heteroatoms. The Kier molecular flexibility index (Phi) is 7.29. The van der Waals surface area contributed by atoms with E-state index in [1.165, 1.54) is 22.5 Å². The Morgan fingerprint density at radius 2 is 1.85 bits per heavy atom. The van der Waals surface area contributed by atoms with Crippen molar-refractivity contribution in [3.05, 3.63) is 83.4 Å². The lowest BCUT2D eigenvalue weighted by Gasteiger charge is -2.34. The molecule has 1 amide bonds. The van der Waals surface area contributed by atoms with Crippen LogP contribution in [0.15, 0.2) is 77.7 Å². The summed E-state index contributed by atoms with van der Waals surface area (Å²) in [5.41, 5.74) is 1.45. The van der Waals surface area contributed by atoms with Crippen LogP contribution in [0.1, 0.15) is 12.5 Å². The highest BCUT2D eigenvalue weighted by Gasteiger charge is 2.37. The van der Waals surface area contributed by atoms with E-state index < -0.39 is 16.1 Å². The number of amides is 1. The van der Waals surface area contributed by atoms with Gasteiger partial charge in [0.2, 0.25) is 0 Å². The van der Waals surface area contributed by atoms with Gasteiger partial charge in [-0.05, 0) is 49.2 Å². The number of anilines is 1. The quantitative estimate of drug-likeness (QED) is 0.504.